The fraction of sp³-hybridized carbons (Fsp3) is 0.500. The van der Waals surface area contributed by atoms with Crippen molar-refractivity contribution in [3.8, 4) is 0 Å². The van der Waals surface area contributed by atoms with Crippen LogP contribution in [0.15, 0.2) is 47.4 Å². The van der Waals surface area contributed by atoms with Crippen LogP contribution in [0.4, 0.5) is 0 Å². The number of carbonyl (C=O) groups excluding carboxylic acids is 1. The molecule has 6 nitrogen and oxygen atoms in total. The number of sulfonamides is 1. The number of benzene rings is 2. The first-order chi connectivity index (χ1) is 13.8. The highest BCUT2D eigenvalue weighted by atomic mass is 32.2. The van der Waals surface area contributed by atoms with Gasteiger partial charge in [0.1, 0.15) is 6.04 Å². The lowest BCUT2D eigenvalue weighted by Crippen LogP contribution is -2.51. The van der Waals surface area contributed by atoms with Gasteiger partial charge in [0.05, 0.1) is 4.90 Å². The van der Waals surface area contributed by atoms with Crippen LogP contribution in [0.25, 0.3) is 10.8 Å². The van der Waals surface area contributed by atoms with Crippen molar-refractivity contribution in [2.45, 2.75) is 50.6 Å². The lowest BCUT2D eigenvalue weighted by molar-refractivity contribution is -0.123. The molecular formula is C22H31N3O3S. The van der Waals surface area contributed by atoms with Gasteiger partial charge in [-0.1, -0.05) is 51.1 Å². The first-order valence-electron chi connectivity index (χ1n) is 10.3. The summed E-state index contributed by atoms with van der Waals surface area (Å²) in [5.74, 6) is -0.441. The monoisotopic (exact) mass is 417 g/mol. The van der Waals surface area contributed by atoms with Crippen molar-refractivity contribution in [1.82, 2.24) is 14.9 Å². The number of rotatable bonds is 8. The fourth-order valence-corrected chi connectivity index (χ4v) is 5.31. The van der Waals surface area contributed by atoms with E-state index in [0.29, 0.717) is 12.6 Å². The molecule has 0 saturated carbocycles. The van der Waals surface area contributed by atoms with Gasteiger partial charge < -0.3 is 5.32 Å². The van der Waals surface area contributed by atoms with Gasteiger partial charge in [-0.15, -0.1) is 0 Å². The maximum absolute atomic E-state index is 13.0. The highest BCUT2D eigenvalue weighted by molar-refractivity contribution is 7.89. The topological polar surface area (TPSA) is 78.5 Å². The van der Waals surface area contributed by atoms with E-state index in [1.54, 1.807) is 18.2 Å². The van der Waals surface area contributed by atoms with Crippen LogP contribution in [0.3, 0.4) is 0 Å². The van der Waals surface area contributed by atoms with E-state index in [2.05, 4.69) is 21.9 Å². The van der Waals surface area contributed by atoms with Crippen molar-refractivity contribution in [2.24, 2.45) is 5.92 Å². The number of hydrogen-bond donors (Lipinski definition) is 2. The predicted octanol–water partition coefficient (Wildman–Crippen LogP) is 2.74. The third-order valence-electron chi connectivity index (χ3n) is 5.68. The summed E-state index contributed by atoms with van der Waals surface area (Å²) in [7, 11) is -3.82. The number of likely N-dealkylation sites (tertiary alicyclic amines) is 1. The molecule has 29 heavy (non-hydrogen) atoms. The Balaban J connectivity index is 1.71. The van der Waals surface area contributed by atoms with Crippen LogP contribution in [0.5, 0.6) is 0 Å². The molecule has 1 amide bonds. The number of likely N-dealkylation sites (N-methyl/N-ethyl adjacent to an activating group) is 1. The average molecular weight is 418 g/mol. The molecule has 0 aromatic heterocycles. The number of fused-ring (bicyclic) bond motifs is 1. The summed E-state index contributed by atoms with van der Waals surface area (Å²) in [6, 6.07) is 12.1. The Morgan fingerprint density at radius 1 is 1.17 bits per heavy atom. The minimum atomic E-state index is -3.82. The van der Waals surface area contributed by atoms with Crippen molar-refractivity contribution in [2.75, 3.05) is 19.6 Å². The molecule has 2 atom stereocenters. The van der Waals surface area contributed by atoms with E-state index in [1.165, 1.54) is 0 Å². The molecule has 0 radical (unpaired) electrons. The maximum Gasteiger partial charge on any atom is 0.241 e. The van der Waals surface area contributed by atoms with Gasteiger partial charge in [0.25, 0.3) is 0 Å². The SMILES string of the molecule is CCN1CCCC1CNC(=O)C(NS(=O)(=O)c1ccc2ccccc2c1)C(C)C. The number of nitrogens with one attached hydrogen (secondary N) is 2. The van der Waals surface area contributed by atoms with Crippen LogP contribution >= 0.6 is 0 Å². The molecule has 2 aromatic rings. The second-order valence-corrected chi connectivity index (χ2v) is 9.74. The molecular weight excluding hydrogens is 386 g/mol. The van der Waals surface area contributed by atoms with Crippen molar-refractivity contribution in [3.05, 3.63) is 42.5 Å². The van der Waals surface area contributed by atoms with E-state index in [0.717, 1.165) is 36.7 Å². The Morgan fingerprint density at radius 2 is 1.90 bits per heavy atom. The van der Waals surface area contributed by atoms with Crippen LogP contribution in [0.2, 0.25) is 0 Å². The molecule has 1 saturated heterocycles. The molecule has 2 unspecified atom stereocenters. The molecule has 1 aliphatic heterocycles. The zero-order chi connectivity index (χ0) is 21.0. The smallest absolute Gasteiger partial charge is 0.241 e. The van der Waals surface area contributed by atoms with Gasteiger partial charge in [-0.05, 0) is 54.8 Å². The average Bonchev–Trinajstić information content (AvgIpc) is 3.17. The third-order valence-corrected chi connectivity index (χ3v) is 7.12. The zero-order valence-electron chi connectivity index (χ0n) is 17.4. The first kappa shape index (κ1) is 21.7. The summed E-state index contributed by atoms with van der Waals surface area (Å²) in [6.45, 7) is 8.38. The van der Waals surface area contributed by atoms with Crippen LogP contribution in [-0.2, 0) is 14.8 Å². The predicted molar refractivity (Wildman–Crippen MR) is 116 cm³/mol. The van der Waals surface area contributed by atoms with E-state index in [9.17, 15) is 13.2 Å². The molecule has 1 aliphatic rings. The van der Waals surface area contributed by atoms with Crippen LogP contribution in [0.1, 0.15) is 33.6 Å². The van der Waals surface area contributed by atoms with Gasteiger partial charge in [-0.3, -0.25) is 9.69 Å². The van der Waals surface area contributed by atoms with E-state index >= 15 is 0 Å². The van der Waals surface area contributed by atoms with Crippen molar-refractivity contribution in [1.29, 1.82) is 0 Å². The van der Waals surface area contributed by atoms with Crippen molar-refractivity contribution >= 4 is 26.7 Å². The summed E-state index contributed by atoms with van der Waals surface area (Å²) in [6.07, 6.45) is 2.19. The molecule has 2 aromatic carbocycles. The quantitative estimate of drug-likeness (QED) is 0.692. The summed E-state index contributed by atoms with van der Waals surface area (Å²) in [4.78, 5) is 15.3. The minimum absolute atomic E-state index is 0.169. The molecule has 0 bridgehead atoms. The fourth-order valence-electron chi connectivity index (χ4n) is 3.93. The Hall–Kier alpha value is -1.96. The molecule has 0 spiro atoms. The van der Waals surface area contributed by atoms with E-state index in [-0.39, 0.29) is 16.7 Å². The minimum Gasteiger partial charge on any atom is -0.353 e. The number of hydrogen-bond acceptors (Lipinski definition) is 4. The lowest BCUT2D eigenvalue weighted by Gasteiger charge is -2.26. The summed E-state index contributed by atoms with van der Waals surface area (Å²) in [5.41, 5.74) is 0. The van der Waals surface area contributed by atoms with Gasteiger partial charge in [0, 0.05) is 12.6 Å². The Kier molecular flexibility index (Phi) is 6.93. The Morgan fingerprint density at radius 3 is 2.59 bits per heavy atom. The summed E-state index contributed by atoms with van der Waals surface area (Å²) in [5, 5.41) is 4.79. The molecule has 1 fully saturated rings. The second-order valence-electron chi connectivity index (χ2n) is 8.02. The first-order valence-corrected chi connectivity index (χ1v) is 11.8. The number of nitrogens with zero attached hydrogens (tertiary/aromatic N) is 1. The van der Waals surface area contributed by atoms with Gasteiger partial charge in [0.15, 0.2) is 0 Å². The zero-order valence-corrected chi connectivity index (χ0v) is 18.2. The third kappa shape index (κ3) is 5.15. The standard InChI is InChI=1S/C22H31N3O3S/c1-4-25-13-7-10-19(25)15-23-22(26)21(16(2)3)24-29(27,28)20-12-11-17-8-5-6-9-18(17)14-20/h5-6,8-9,11-12,14,16,19,21,24H,4,7,10,13,15H2,1-3H3,(H,23,26). The lowest BCUT2D eigenvalue weighted by atomic mass is 10.0. The largest absolute Gasteiger partial charge is 0.353 e. The van der Waals surface area contributed by atoms with Crippen LogP contribution in [0, 0.1) is 5.92 Å². The van der Waals surface area contributed by atoms with Gasteiger partial charge in [0.2, 0.25) is 15.9 Å². The van der Waals surface area contributed by atoms with E-state index in [1.807, 2.05) is 38.1 Å². The Bertz CT molecular complexity index is 959. The highest BCUT2D eigenvalue weighted by Crippen LogP contribution is 2.20. The molecule has 1 heterocycles. The molecule has 0 aliphatic carbocycles. The van der Waals surface area contributed by atoms with Gasteiger partial charge >= 0.3 is 0 Å². The van der Waals surface area contributed by atoms with Gasteiger partial charge in [-0.25, -0.2) is 8.42 Å². The van der Waals surface area contributed by atoms with Crippen LogP contribution in [-0.4, -0.2) is 50.9 Å². The molecule has 2 N–H and O–H groups in total. The second kappa shape index (κ2) is 9.24. The number of carbonyl (C=O) groups is 1. The molecule has 3 rings (SSSR count). The van der Waals surface area contributed by atoms with E-state index in [4.69, 9.17) is 0 Å². The molecule has 7 heteroatoms. The van der Waals surface area contributed by atoms with Crippen LogP contribution < -0.4 is 10.0 Å². The summed E-state index contributed by atoms with van der Waals surface area (Å²) < 4.78 is 28.5. The molecule has 158 valence electrons. The van der Waals surface area contributed by atoms with E-state index < -0.39 is 16.1 Å². The number of amides is 1. The maximum atomic E-state index is 13.0. The van der Waals surface area contributed by atoms with Crippen molar-refractivity contribution < 1.29 is 13.2 Å². The Labute approximate surface area is 173 Å². The van der Waals surface area contributed by atoms with Gasteiger partial charge in [-0.2, -0.15) is 4.72 Å². The normalized spacial score (nSPS) is 19.0. The summed E-state index contributed by atoms with van der Waals surface area (Å²) >= 11 is 0. The highest BCUT2D eigenvalue weighted by Gasteiger charge is 2.30. The van der Waals surface area contributed by atoms with Crippen molar-refractivity contribution in [3.63, 3.8) is 0 Å².